The van der Waals surface area contributed by atoms with Gasteiger partial charge in [0, 0.05) is 37.8 Å². The van der Waals surface area contributed by atoms with Crippen LogP contribution in [0.2, 0.25) is 0 Å². The Bertz CT molecular complexity index is 1080. The summed E-state index contributed by atoms with van der Waals surface area (Å²) < 4.78 is 71.5. The smallest absolute Gasteiger partial charge is 0.417 e. The second-order valence-corrected chi connectivity index (χ2v) is 8.70. The Balaban J connectivity index is 1.69. The van der Waals surface area contributed by atoms with Crippen molar-refractivity contribution in [2.45, 2.75) is 11.1 Å². The van der Waals surface area contributed by atoms with Gasteiger partial charge in [0.05, 0.1) is 17.6 Å². The van der Waals surface area contributed by atoms with Gasteiger partial charge in [-0.1, -0.05) is 30.3 Å². The molecule has 0 N–H and O–H groups in total. The third-order valence-electron chi connectivity index (χ3n) is 4.90. The van der Waals surface area contributed by atoms with Crippen LogP contribution in [0.25, 0.3) is 6.08 Å². The summed E-state index contributed by atoms with van der Waals surface area (Å²) in [6.07, 6.45) is -1.82. The Morgan fingerprint density at radius 3 is 2.26 bits per heavy atom. The molecule has 2 aromatic rings. The molecule has 1 saturated heterocycles. The van der Waals surface area contributed by atoms with Crippen LogP contribution in [0.5, 0.6) is 5.75 Å². The van der Waals surface area contributed by atoms with Gasteiger partial charge < -0.3 is 9.64 Å². The largest absolute Gasteiger partial charge is 0.496 e. The van der Waals surface area contributed by atoms with Gasteiger partial charge in [-0.2, -0.15) is 17.5 Å². The number of amides is 1. The highest BCUT2D eigenvalue weighted by Crippen LogP contribution is 2.35. The normalized spacial score (nSPS) is 15.9. The first kappa shape index (κ1) is 22.8. The van der Waals surface area contributed by atoms with E-state index in [1.54, 1.807) is 30.3 Å². The van der Waals surface area contributed by atoms with Gasteiger partial charge in [-0.3, -0.25) is 4.79 Å². The van der Waals surface area contributed by atoms with Crippen LogP contribution in [0.4, 0.5) is 13.2 Å². The number of ether oxygens (including phenoxy) is 1. The summed E-state index contributed by atoms with van der Waals surface area (Å²) in [5.74, 6) is 0.282. The zero-order valence-corrected chi connectivity index (χ0v) is 17.5. The molecule has 0 radical (unpaired) electrons. The van der Waals surface area contributed by atoms with E-state index in [1.807, 2.05) is 0 Å². The molecule has 1 amide bonds. The molecular weight excluding hydrogens is 433 g/mol. The van der Waals surface area contributed by atoms with E-state index in [1.165, 1.54) is 24.2 Å². The molecule has 1 aliphatic heterocycles. The zero-order chi connectivity index (χ0) is 22.6. The van der Waals surface area contributed by atoms with Gasteiger partial charge in [-0.15, -0.1) is 0 Å². The lowest BCUT2D eigenvalue weighted by atomic mass is 10.2. The van der Waals surface area contributed by atoms with Gasteiger partial charge in [0.25, 0.3) is 0 Å². The van der Waals surface area contributed by atoms with Gasteiger partial charge in [0.1, 0.15) is 5.75 Å². The molecule has 0 saturated carbocycles. The first-order chi connectivity index (χ1) is 14.6. The van der Waals surface area contributed by atoms with Gasteiger partial charge >= 0.3 is 6.18 Å². The second kappa shape index (κ2) is 9.11. The number of carbonyl (C=O) groups is 1. The molecule has 0 unspecified atom stereocenters. The molecule has 0 bridgehead atoms. The second-order valence-electron chi connectivity index (χ2n) is 6.80. The van der Waals surface area contributed by atoms with Crippen molar-refractivity contribution in [1.82, 2.24) is 9.21 Å². The fraction of sp³-hybridized carbons (Fsp3) is 0.286. The number of rotatable bonds is 5. The predicted molar refractivity (Wildman–Crippen MR) is 109 cm³/mol. The number of sulfonamides is 1. The molecule has 2 aromatic carbocycles. The van der Waals surface area contributed by atoms with Crippen LogP contribution < -0.4 is 4.74 Å². The number of para-hydroxylation sites is 1. The molecule has 31 heavy (non-hydrogen) atoms. The minimum atomic E-state index is -4.79. The summed E-state index contributed by atoms with van der Waals surface area (Å²) in [6, 6.07) is 11.2. The minimum absolute atomic E-state index is 0.0719. The van der Waals surface area contributed by atoms with E-state index in [9.17, 15) is 26.4 Å². The molecule has 0 atom stereocenters. The highest BCUT2D eigenvalue weighted by Gasteiger charge is 2.39. The fourth-order valence-electron chi connectivity index (χ4n) is 3.28. The predicted octanol–water partition coefficient (Wildman–Crippen LogP) is 3.26. The summed E-state index contributed by atoms with van der Waals surface area (Å²) >= 11 is 0. The molecule has 0 aliphatic carbocycles. The minimum Gasteiger partial charge on any atom is -0.496 e. The molecule has 1 aliphatic rings. The Morgan fingerprint density at radius 1 is 1.00 bits per heavy atom. The molecule has 1 heterocycles. The van der Waals surface area contributed by atoms with E-state index in [4.69, 9.17) is 4.74 Å². The molecule has 6 nitrogen and oxygen atoms in total. The third kappa shape index (κ3) is 5.08. The van der Waals surface area contributed by atoms with Gasteiger partial charge in [0.15, 0.2) is 0 Å². The van der Waals surface area contributed by atoms with E-state index in [0.29, 0.717) is 11.3 Å². The van der Waals surface area contributed by atoms with Gasteiger partial charge in [-0.25, -0.2) is 8.42 Å². The van der Waals surface area contributed by atoms with Crippen LogP contribution in [0.3, 0.4) is 0 Å². The Kier molecular flexibility index (Phi) is 6.71. The lowest BCUT2D eigenvalue weighted by Gasteiger charge is -2.33. The van der Waals surface area contributed by atoms with Crippen molar-refractivity contribution in [3.8, 4) is 5.75 Å². The van der Waals surface area contributed by atoms with Crippen LogP contribution in [-0.4, -0.2) is 56.8 Å². The maximum atomic E-state index is 13.2. The monoisotopic (exact) mass is 454 g/mol. The van der Waals surface area contributed by atoms with Crippen molar-refractivity contribution in [1.29, 1.82) is 0 Å². The highest BCUT2D eigenvalue weighted by atomic mass is 32.2. The van der Waals surface area contributed by atoms with Crippen LogP contribution in [-0.2, 0) is 21.0 Å². The first-order valence-electron chi connectivity index (χ1n) is 9.41. The maximum absolute atomic E-state index is 13.2. The number of benzene rings is 2. The topological polar surface area (TPSA) is 66.9 Å². The molecule has 3 rings (SSSR count). The molecule has 0 spiro atoms. The molecular formula is C21H21F3N2O4S. The van der Waals surface area contributed by atoms with E-state index in [-0.39, 0.29) is 32.1 Å². The van der Waals surface area contributed by atoms with E-state index < -0.39 is 26.7 Å². The summed E-state index contributed by atoms with van der Waals surface area (Å²) in [5.41, 5.74) is -0.489. The summed E-state index contributed by atoms with van der Waals surface area (Å²) in [7, 11) is -2.83. The Hall–Kier alpha value is -2.85. The third-order valence-corrected chi connectivity index (χ3v) is 6.86. The van der Waals surface area contributed by atoms with Crippen molar-refractivity contribution < 1.29 is 31.1 Å². The molecule has 10 heteroatoms. The Labute approximate surface area is 178 Å². The van der Waals surface area contributed by atoms with E-state index in [2.05, 4.69) is 0 Å². The van der Waals surface area contributed by atoms with Gasteiger partial charge in [0.2, 0.25) is 15.9 Å². The first-order valence-corrected chi connectivity index (χ1v) is 10.8. The van der Waals surface area contributed by atoms with Crippen molar-refractivity contribution >= 4 is 22.0 Å². The number of halogens is 3. The van der Waals surface area contributed by atoms with Crippen molar-refractivity contribution in [3.63, 3.8) is 0 Å². The van der Waals surface area contributed by atoms with E-state index in [0.717, 1.165) is 22.5 Å². The highest BCUT2D eigenvalue weighted by molar-refractivity contribution is 7.89. The number of methoxy groups -OCH3 is 1. The number of hydrogen-bond acceptors (Lipinski definition) is 4. The molecule has 1 fully saturated rings. The van der Waals surface area contributed by atoms with Crippen molar-refractivity contribution in [3.05, 3.63) is 65.7 Å². The number of alkyl halides is 3. The van der Waals surface area contributed by atoms with Crippen LogP contribution in [0, 0.1) is 0 Å². The Morgan fingerprint density at radius 2 is 1.61 bits per heavy atom. The van der Waals surface area contributed by atoms with Crippen molar-refractivity contribution in [2.75, 3.05) is 33.3 Å². The van der Waals surface area contributed by atoms with Gasteiger partial charge in [-0.05, 0) is 24.3 Å². The number of nitrogens with zero attached hydrogens (tertiary/aromatic N) is 2. The van der Waals surface area contributed by atoms with Crippen molar-refractivity contribution in [2.24, 2.45) is 0 Å². The van der Waals surface area contributed by atoms with Crippen LogP contribution in [0.1, 0.15) is 11.1 Å². The standard InChI is InChI=1S/C21H21F3N2O4S/c1-30-18-8-4-2-6-16(18)10-11-20(27)25-12-14-26(15-13-25)31(28,29)19-9-5-3-7-17(19)21(22,23)24/h2-11H,12-15H2,1H3/b11-10+. The quantitative estimate of drug-likeness (QED) is 0.651. The lowest BCUT2D eigenvalue weighted by molar-refractivity contribution is -0.139. The van der Waals surface area contributed by atoms with E-state index >= 15 is 0 Å². The summed E-state index contributed by atoms with van der Waals surface area (Å²) in [5, 5.41) is 0. The number of carbonyl (C=O) groups excluding carboxylic acids is 1. The fourth-order valence-corrected chi connectivity index (χ4v) is 4.92. The number of hydrogen-bond donors (Lipinski definition) is 0. The van der Waals surface area contributed by atoms with Crippen LogP contribution in [0.15, 0.2) is 59.5 Å². The lowest BCUT2D eigenvalue weighted by Crippen LogP contribution is -2.50. The van der Waals surface area contributed by atoms with Crippen LogP contribution >= 0.6 is 0 Å². The SMILES string of the molecule is COc1ccccc1/C=C/C(=O)N1CCN(S(=O)(=O)c2ccccc2C(F)(F)F)CC1. The molecule has 0 aromatic heterocycles. The number of piperazine rings is 1. The molecule has 166 valence electrons. The average molecular weight is 454 g/mol. The maximum Gasteiger partial charge on any atom is 0.417 e. The summed E-state index contributed by atoms with van der Waals surface area (Å²) in [4.78, 5) is 13.1. The average Bonchev–Trinajstić information content (AvgIpc) is 2.77. The summed E-state index contributed by atoms with van der Waals surface area (Å²) in [6.45, 7) is -0.0451. The zero-order valence-electron chi connectivity index (χ0n) is 16.7.